The molecule has 1 heterocycles. The van der Waals surface area contributed by atoms with Gasteiger partial charge in [0.05, 0.1) is 18.7 Å². The molecule has 0 amide bonds. The first-order chi connectivity index (χ1) is 14.8. The lowest BCUT2D eigenvalue weighted by molar-refractivity contribution is -0.145. The molecule has 3 N–H and O–H groups in total. The third-order valence-electron chi connectivity index (χ3n) is 4.73. The van der Waals surface area contributed by atoms with Crippen LogP contribution >= 0.6 is 12.4 Å². The van der Waals surface area contributed by atoms with Gasteiger partial charge in [-0.15, -0.1) is 12.4 Å². The number of hydrogen-bond donors (Lipinski definition) is 3. The number of carbonyl (C=O) groups excluding carboxylic acids is 3. The SMILES string of the molecule is CCCCOC(=O)c1cc2c(C(=O)C(NC(C)C)C(=O)OCCCC)ccc(O)c2[nH]1.Cl. The van der Waals surface area contributed by atoms with E-state index in [1.807, 2.05) is 27.7 Å². The van der Waals surface area contributed by atoms with Crippen molar-refractivity contribution in [3.63, 3.8) is 0 Å². The second-order valence-corrected chi connectivity index (χ2v) is 7.73. The maximum Gasteiger partial charge on any atom is 0.354 e. The first-order valence-electron chi connectivity index (χ1n) is 10.8. The Morgan fingerprint density at radius 2 is 1.69 bits per heavy atom. The van der Waals surface area contributed by atoms with Crippen LogP contribution in [0.5, 0.6) is 5.75 Å². The molecule has 0 bridgehead atoms. The molecule has 1 aromatic carbocycles. The van der Waals surface area contributed by atoms with Gasteiger partial charge in [-0.3, -0.25) is 10.1 Å². The molecule has 0 saturated heterocycles. The number of phenols is 1. The lowest BCUT2D eigenvalue weighted by Gasteiger charge is -2.19. The molecule has 1 aromatic heterocycles. The average molecular weight is 469 g/mol. The number of ether oxygens (including phenoxy) is 2. The van der Waals surface area contributed by atoms with Crippen LogP contribution in [0.25, 0.3) is 10.9 Å². The second-order valence-electron chi connectivity index (χ2n) is 7.73. The maximum absolute atomic E-state index is 13.3. The van der Waals surface area contributed by atoms with E-state index in [1.54, 1.807) is 0 Å². The van der Waals surface area contributed by atoms with E-state index in [0.29, 0.717) is 11.8 Å². The topological polar surface area (TPSA) is 118 Å². The normalized spacial score (nSPS) is 11.8. The van der Waals surface area contributed by atoms with Gasteiger partial charge in [0.1, 0.15) is 11.4 Å². The van der Waals surface area contributed by atoms with Crippen LogP contribution in [0.1, 0.15) is 74.2 Å². The highest BCUT2D eigenvalue weighted by Gasteiger charge is 2.31. The third kappa shape index (κ3) is 6.97. The molecule has 0 aliphatic heterocycles. The van der Waals surface area contributed by atoms with Crippen molar-refractivity contribution in [1.29, 1.82) is 0 Å². The zero-order valence-electron chi connectivity index (χ0n) is 19.0. The summed E-state index contributed by atoms with van der Waals surface area (Å²) in [6.07, 6.45) is 3.20. The Balaban J connectivity index is 0.00000512. The number of fused-ring (bicyclic) bond motifs is 1. The molecule has 178 valence electrons. The van der Waals surface area contributed by atoms with Crippen molar-refractivity contribution >= 4 is 41.0 Å². The van der Waals surface area contributed by atoms with Crippen LogP contribution in [-0.4, -0.2) is 53.1 Å². The second kappa shape index (κ2) is 13.1. The van der Waals surface area contributed by atoms with Gasteiger partial charge in [0.2, 0.25) is 0 Å². The standard InChI is InChI=1S/C23H32N2O6.ClH/c1-5-7-11-30-22(28)17-13-16-15(9-10-18(26)19(16)25-17)21(27)20(24-14(3)4)23(29)31-12-8-6-2;/h9-10,13-14,20,24-26H,5-8,11-12H2,1-4H3;1H. The van der Waals surface area contributed by atoms with Gasteiger partial charge in [-0.1, -0.05) is 26.7 Å². The van der Waals surface area contributed by atoms with E-state index in [4.69, 9.17) is 9.47 Å². The lowest BCUT2D eigenvalue weighted by atomic mass is 9.99. The van der Waals surface area contributed by atoms with Gasteiger partial charge >= 0.3 is 11.9 Å². The average Bonchev–Trinajstić information content (AvgIpc) is 3.18. The Morgan fingerprint density at radius 1 is 1.06 bits per heavy atom. The quantitative estimate of drug-likeness (QED) is 0.185. The number of rotatable bonds is 12. The van der Waals surface area contributed by atoms with E-state index in [-0.39, 0.29) is 54.2 Å². The molecule has 0 radical (unpaired) electrons. The number of aromatic amines is 1. The number of nitrogens with one attached hydrogen (secondary N) is 2. The fourth-order valence-electron chi connectivity index (χ4n) is 3.06. The molecule has 0 spiro atoms. The molecule has 0 aliphatic rings. The Hall–Kier alpha value is -2.58. The number of ketones is 1. The summed E-state index contributed by atoms with van der Waals surface area (Å²) >= 11 is 0. The van der Waals surface area contributed by atoms with E-state index < -0.39 is 23.8 Å². The lowest BCUT2D eigenvalue weighted by Crippen LogP contribution is -2.47. The van der Waals surface area contributed by atoms with E-state index in [9.17, 15) is 19.5 Å². The maximum atomic E-state index is 13.3. The van der Waals surface area contributed by atoms with E-state index in [2.05, 4.69) is 10.3 Å². The van der Waals surface area contributed by atoms with Crippen LogP contribution in [0.15, 0.2) is 18.2 Å². The van der Waals surface area contributed by atoms with Crippen molar-refractivity contribution in [1.82, 2.24) is 10.3 Å². The van der Waals surface area contributed by atoms with Crippen molar-refractivity contribution in [2.24, 2.45) is 0 Å². The predicted octanol–water partition coefficient (Wildman–Crippen LogP) is 4.14. The minimum Gasteiger partial charge on any atom is -0.506 e. The van der Waals surface area contributed by atoms with Gasteiger partial charge in [0, 0.05) is 17.0 Å². The smallest absolute Gasteiger partial charge is 0.354 e. The largest absolute Gasteiger partial charge is 0.506 e. The minimum atomic E-state index is -1.19. The number of aromatic nitrogens is 1. The summed E-state index contributed by atoms with van der Waals surface area (Å²) in [5.74, 6) is -1.83. The van der Waals surface area contributed by atoms with Crippen LogP contribution in [-0.2, 0) is 14.3 Å². The number of halogens is 1. The Morgan fingerprint density at radius 3 is 2.28 bits per heavy atom. The van der Waals surface area contributed by atoms with Crippen LogP contribution < -0.4 is 5.32 Å². The number of phenolic OH excluding ortho intramolecular Hbond substituents is 1. The number of hydrogen-bond acceptors (Lipinski definition) is 7. The molecule has 1 atom stereocenters. The van der Waals surface area contributed by atoms with Crippen LogP contribution in [0.3, 0.4) is 0 Å². The zero-order valence-corrected chi connectivity index (χ0v) is 19.8. The number of esters is 2. The number of unbranched alkanes of at least 4 members (excludes halogenated alkanes) is 2. The molecule has 0 saturated carbocycles. The highest BCUT2D eigenvalue weighted by Crippen LogP contribution is 2.29. The number of Topliss-reactive ketones (excluding diaryl/α,β-unsaturated/α-hetero) is 1. The molecule has 1 unspecified atom stereocenters. The van der Waals surface area contributed by atoms with E-state index >= 15 is 0 Å². The van der Waals surface area contributed by atoms with Crippen molar-refractivity contribution in [3.05, 3.63) is 29.5 Å². The molecule has 2 rings (SSSR count). The Kier molecular flexibility index (Phi) is 11.2. The summed E-state index contributed by atoms with van der Waals surface area (Å²) < 4.78 is 10.5. The highest BCUT2D eigenvalue weighted by molar-refractivity contribution is 6.18. The predicted molar refractivity (Wildman–Crippen MR) is 125 cm³/mol. The summed E-state index contributed by atoms with van der Waals surface area (Å²) in [5, 5.41) is 13.5. The summed E-state index contributed by atoms with van der Waals surface area (Å²) in [5.41, 5.74) is 0.554. The Labute approximate surface area is 194 Å². The number of carbonyl (C=O) groups is 3. The summed E-state index contributed by atoms with van der Waals surface area (Å²) in [6, 6.07) is 2.92. The fraction of sp³-hybridized carbons (Fsp3) is 0.522. The van der Waals surface area contributed by atoms with Crippen molar-refractivity contribution in [2.75, 3.05) is 13.2 Å². The minimum absolute atomic E-state index is 0. The molecular weight excluding hydrogens is 436 g/mol. The van der Waals surface area contributed by atoms with Gasteiger partial charge in [-0.05, 0) is 44.9 Å². The van der Waals surface area contributed by atoms with Gasteiger partial charge < -0.3 is 19.6 Å². The monoisotopic (exact) mass is 468 g/mol. The first-order valence-corrected chi connectivity index (χ1v) is 10.8. The van der Waals surface area contributed by atoms with Gasteiger partial charge in [-0.2, -0.15) is 0 Å². The van der Waals surface area contributed by atoms with Gasteiger partial charge in [-0.25, -0.2) is 9.59 Å². The molecule has 9 heteroatoms. The third-order valence-corrected chi connectivity index (χ3v) is 4.73. The molecule has 8 nitrogen and oxygen atoms in total. The first kappa shape index (κ1) is 27.5. The molecular formula is C23H33ClN2O6. The summed E-state index contributed by atoms with van der Waals surface area (Å²) in [4.78, 5) is 41.0. The van der Waals surface area contributed by atoms with Crippen molar-refractivity contribution in [3.8, 4) is 5.75 Å². The van der Waals surface area contributed by atoms with Gasteiger partial charge in [0.25, 0.3) is 0 Å². The molecule has 32 heavy (non-hydrogen) atoms. The van der Waals surface area contributed by atoms with Crippen molar-refractivity contribution < 1.29 is 29.0 Å². The van der Waals surface area contributed by atoms with E-state index in [0.717, 1.165) is 19.3 Å². The van der Waals surface area contributed by atoms with Crippen LogP contribution in [0, 0.1) is 0 Å². The molecule has 0 fully saturated rings. The fourth-order valence-corrected chi connectivity index (χ4v) is 3.06. The molecule has 0 aliphatic carbocycles. The summed E-state index contributed by atoms with van der Waals surface area (Å²) in [6.45, 7) is 8.14. The Bertz CT molecular complexity index is 925. The number of aromatic hydroxyl groups is 1. The zero-order chi connectivity index (χ0) is 23.0. The van der Waals surface area contributed by atoms with E-state index in [1.165, 1.54) is 18.2 Å². The van der Waals surface area contributed by atoms with Crippen LogP contribution in [0.2, 0.25) is 0 Å². The van der Waals surface area contributed by atoms with Crippen LogP contribution in [0.4, 0.5) is 0 Å². The number of benzene rings is 1. The highest BCUT2D eigenvalue weighted by atomic mass is 35.5. The molecule has 2 aromatic rings. The van der Waals surface area contributed by atoms with Gasteiger partial charge in [0.15, 0.2) is 11.8 Å². The van der Waals surface area contributed by atoms with Crippen molar-refractivity contribution in [2.45, 2.75) is 65.5 Å². The summed E-state index contributed by atoms with van der Waals surface area (Å²) in [7, 11) is 0. The number of H-pyrrole nitrogens is 1.